The molecule has 0 aliphatic rings. The lowest BCUT2D eigenvalue weighted by Gasteiger charge is -2.21. The zero-order chi connectivity index (χ0) is 19.7. The molecular formula is C14H22N6O6. The number of aliphatic carboxylic acids is 1. The highest BCUT2D eigenvalue weighted by molar-refractivity contribution is 5.93. The summed E-state index contributed by atoms with van der Waals surface area (Å²) < 4.78 is 0. The van der Waals surface area contributed by atoms with Crippen LogP contribution in [-0.4, -0.2) is 75.1 Å². The fourth-order valence-corrected chi connectivity index (χ4v) is 1.94. The number of amides is 3. The normalized spacial score (nSPS) is 14.0. The van der Waals surface area contributed by atoms with Crippen molar-refractivity contribution in [3.63, 3.8) is 0 Å². The highest BCUT2D eigenvalue weighted by Crippen LogP contribution is 2.00. The van der Waals surface area contributed by atoms with E-state index >= 15 is 0 Å². The summed E-state index contributed by atoms with van der Waals surface area (Å²) in [6.07, 6.45) is 2.97. The summed E-state index contributed by atoms with van der Waals surface area (Å²) in [7, 11) is 0. The maximum Gasteiger partial charge on any atom is 0.328 e. The molecule has 0 aromatic carbocycles. The highest BCUT2D eigenvalue weighted by Gasteiger charge is 2.27. The molecule has 1 rings (SSSR count). The lowest BCUT2D eigenvalue weighted by Crippen LogP contribution is -2.56. The first kappa shape index (κ1) is 21.1. The number of nitrogens with two attached hydrogens (primary N) is 1. The Morgan fingerprint density at radius 2 is 1.88 bits per heavy atom. The van der Waals surface area contributed by atoms with E-state index in [1.807, 2.05) is 0 Å². The van der Waals surface area contributed by atoms with E-state index < -0.39 is 48.4 Å². The van der Waals surface area contributed by atoms with Crippen LogP contribution in [0.5, 0.6) is 0 Å². The van der Waals surface area contributed by atoms with Crippen molar-refractivity contribution in [1.82, 2.24) is 25.9 Å². The van der Waals surface area contributed by atoms with Crippen LogP contribution in [0.4, 0.5) is 0 Å². The van der Waals surface area contributed by atoms with Gasteiger partial charge in [0.25, 0.3) is 0 Å². The molecule has 8 N–H and O–H groups in total. The molecule has 1 aromatic heterocycles. The van der Waals surface area contributed by atoms with Gasteiger partial charge in [-0.05, 0) is 6.92 Å². The maximum atomic E-state index is 12.4. The predicted octanol–water partition coefficient (Wildman–Crippen LogP) is -3.54. The van der Waals surface area contributed by atoms with Gasteiger partial charge in [0.1, 0.15) is 18.1 Å². The van der Waals surface area contributed by atoms with Gasteiger partial charge in [-0.1, -0.05) is 0 Å². The van der Waals surface area contributed by atoms with E-state index in [4.69, 9.17) is 15.9 Å². The Bertz CT molecular complexity index is 634. The third kappa shape index (κ3) is 6.49. The Morgan fingerprint density at radius 3 is 2.38 bits per heavy atom. The minimum absolute atomic E-state index is 0.0836. The number of nitrogens with one attached hydrogen (secondary N) is 4. The van der Waals surface area contributed by atoms with Crippen LogP contribution in [0, 0.1) is 0 Å². The van der Waals surface area contributed by atoms with Crippen LogP contribution >= 0.6 is 0 Å². The molecule has 0 spiro atoms. The zero-order valence-electron chi connectivity index (χ0n) is 14.1. The molecular weight excluding hydrogens is 348 g/mol. The average Bonchev–Trinajstić information content (AvgIpc) is 3.11. The van der Waals surface area contributed by atoms with Crippen molar-refractivity contribution in [3.8, 4) is 0 Å². The van der Waals surface area contributed by atoms with Crippen LogP contribution in [0.1, 0.15) is 12.6 Å². The Balaban J connectivity index is 2.72. The first-order chi connectivity index (χ1) is 12.3. The number of carboxylic acids is 1. The number of H-pyrrole nitrogens is 1. The second kappa shape index (κ2) is 10.1. The molecule has 144 valence electrons. The number of nitrogens with zero attached hydrogens (tertiary/aromatic N) is 1. The quantitative estimate of drug-likeness (QED) is 0.219. The number of aromatic amines is 1. The Kier molecular flexibility index (Phi) is 8.18. The number of carbonyl (C=O) groups is 4. The second-order valence-corrected chi connectivity index (χ2v) is 5.42. The van der Waals surface area contributed by atoms with Crippen molar-refractivity contribution >= 4 is 23.7 Å². The van der Waals surface area contributed by atoms with Crippen molar-refractivity contribution < 1.29 is 29.4 Å². The van der Waals surface area contributed by atoms with Gasteiger partial charge in [0.05, 0.1) is 19.5 Å². The summed E-state index contributed by atoms with van der Waals surface area (Å²) in [4.78, 5) is 53.3. The topological polar surface area (TPSA) is 200 Å². The maximum absolute atomic E-state index is 12.4. The Labute approximate surface area is 148 Å². The fraction of sp³-hybridized carbons (Fsp3) is 0.500. The molecule has 0 saturated carbocycles. The monoisotopic (exact) mass is 370 g/mol. The van der Waals surface area contributed by atoms with E-state index in [1.165, 1.54) is 19.4 Å². The number of carbonyl (C=O) groups excluding carboxylic acids is 3. The molecule has 12 nitrogen and oxygen atoms in total. The van der Waals surface area contributed by atoms with E-state index in [0.717, 1.165) is 0 Å². The van der Waals surface area contributed by atoms with E-state index in [9.17, 15) is 19.2 Å². The average molecular weight is 370 g/mol. The fourth-order valence-electron chi connectivity index (χ4n) is 1.94. The highest BCUT2D eigenvalue weighted by atomic mass is 16.4. The van der Waals surface area contributed by atoms with Gasteiger partial charge in [0, 0.05) is 18.3 Å². The van der Waals surface area contributed by atoms with E-state index in [0.29, 0.717) is 5.69 Å². The lowest BCUT2D eigenvalue weighted by molar-refractivity contribution is -0.143. The van der Waals surface area contributed by atoms with Gasteiger partial charge < -0.3 is 36.9 Å². The molecule has 3 amide bonds. The predicted molar refractivity (Wildman–Crippen MR) is 87.5 cm³/mol. The lowest BCUT2D eigenvalue weighted by atomic mass is 10.1. The number of rotatable bonds is 10. The number of aromatic nitrogens is 2. The van der Waals surface area contributed by atoms with Gasteiger partial charge in [-0.3, -0.25) is 14.4 Å². The molecule has 0 aliphatic carbocycles. The van der Waals surface area contributed by atoms with Crippen molar-refractivity contribution in [2.24, 2.45) is 5.73 Å². The van der Waals surface area contributed by atoms with Crippen molar-refractivity contribution in [1.29, 1.82) is 0 Å². The van der Waals surface area contributed by atoms with Crippen molar-refractivity contribution in [2.45, 2.75) is 31.5 Å². The molecule has 1 heterocycles. The van der Waals surface area contributed by atoms with Crippen LogP contribution in [0.3, 0.4) is 0 Å². The first-order valence-corrected chi connectivity index (χ1v) is 7.69. The molecule has 0 fully saturated rings. The van der Waals surface area contributed by atoms with Crippen LogP contribution in [0.15, 0.2) is 12.5 Å². The van der Waals surface area contributed by atoms with Crippen LogP contribution < -0.4 is 21.7 Å². The molecule has 0 saturated heterocycles. The molecule has 0 radical (unpaired) electrons. The van der Waals surface area contributed by atoms with Gasteiger partial charge in [0.15, 0.2) is 0 Å². The number of imidazole rings is 1. The van der Waals surface area contributed by atoms with Gasteiger partial charge in [-0.25, -0.2) is 9.78 Å². The summed E-state index contributed by atoms with van der Waals surface area (Å²) in [6, 6.07) is -3.61. The second-order valence-electron chi connectivity index (χ2n) is 5.42. The number of aliphatic hydroxyl groups is 1. The summed E-state index contributed by atoms with van der Waals surface area (Å²) >= 11 is 0. The minimum atomic E-state index is -1.49. The van der Waals surface area contributed by atoms with Gasteiger partial charge >= 0.3 is 5.97 Å². The minimum Gasteiger partial charge on any atom is -0.480 e. The smallest absolute Gasteiger partial charge is 0.328 e. The number of hydrogen-bond donors (Lipinski definition) is 7. The first-order valence-electron chi connectivity index (χ1n) is 7.69. The number of carboxylic acid groups (broad SMARTS) is 1. The molecule has 3 atom stereocenters. The summed E-state index contributed by atoms with van der Waals surface area (Å²) in [5, 5.41) is 24.6. The number of hydrogen-bond acceptors (Lipinski definition) is 7. The molecule has 12 heteroatoms. The van der Waals surface area contributed by atoms with Crippen LogP contribution in [0.25, 0.3) is 0 Å². The van der Waals surface area contributed by atoms with Gasteiger partial charge in [-0.15, -0.1) is 0 Å². The van der Waals surface area contributed by atoms with Crippen molar-refractivity contribution in [3.05, 3.63) is 18.2 Å². The van der Waals surface area contributed by atoms with Crippen LogP contribution in [0.2, 0.25) is 0 Å². The Hall–Kier alpha value is -2.99. The van der Waals surface area contributed by atoms with Crippen LogP contribution in [-0.2, 0) is 25.6 Å². The van der Waals surface area contributed by atoms with E-state index in [-0.39, 0.29) is 13.0 Å². The summed E-state index contributed by atoms with van der Waals surface area (Å²) in [5.74, 6) is -3.44. The third-order valence-corrected chi connectivity index (χ3v) is 3.37. The van der Waals surface area contributed by atoms with E-state index in [2.05, 4.69) is 25.9 Å². The SMILES string of the molecule is CC(NC(=O)C(Cc1cnc[nH]1)NC(=O)CN)C(=O)NC(CO)C(=O)O. The Morgan fingerprint density at radius 1 is 1.19 bits per heavy atom. The number of aliphatic hydroxyl groups excluding tert-OH is 1. The van der Waals surface area contributed by atoms with Gasteiger partial charge in [0.2, 0.25) is 17.7 Å². The zero-order valence-corrected chi connectivity index (χ0v) is 14.1. The molecule has 0 aliphatic heterocycles. The van der Waals surface area contributed by atoms with Crippen molar-refractivity contribution in [2.75, 3.05) is 13.2 Å². The van der Waals surface area contributed by atoms with Gasteiger partial charge in [-0.2, -0.15) is 0 Å². The molecule has 3 unspecified atom stereocenters. The summed E-state index contributed by atoms with van der Waals surface area (Å²) in [5.41, 5.74) is 5.81. The largest absolute Gasteiger partial charge is 0.480 e. The molecule has 0 bridgehead atoms. The molecule has 1 aromatic rings. The summed E-state index contributed by atoms with van der Waals surface area (Å²) in [6.45, 7) is 0.220. The third-order valence-electron chi connectivity index (χ3n) is 3.37. The standard InChI is InChI=1S/C14H22N6O6/c1-7(12(23)20-10(5-21)14(25)26)18-13(24)9(19-11(22)3-15)2-8-4-16-6-17-8/h4,6-7,9-10,21H,2-3,5,15H2,1H3,(H,16,17)(H,18,24)(H,19,22)(H,20,23)(H,25,26). The molecule has 26 heavy (non-hydrogen) atoms. The van der Waals surface area contributed by atoms with E-state index in [1.54, 1.807) is 0 Å².